The number of H-pyrrole nitrogens is 1. The Kier molecular flexibility index (Phi) is 4.21. The lowest BCUT2D eigenvalue weighted by Crippen LogP contribution is -2.24. The summed E-state index contributed by atoms with van der Waals surface area (Å²) < 4.78 is 4.07. The molecule has 0 fully saturated rings. The molecule has 8 nitrogen and oxygen atoms in total. The van der Waals surface area contributed by atoms with E-state index in [-0.39, 0.29) is 22.2 Å². The van der Waals surface area contributed by atoms with Gasteiger partial charge >= 0.3 is 0 Å². The van der Waals surface area contributed by atoms with Crippen molar-refractivity contribution < 1.29 is 0 Å². The van der Waals surface area contributed by atoms with Crippen LogP contribution in [-0.4, -0.2) is 18.7 Å². The van der Waals surface area contributed by atoms with Crippen LogP contribution in [0.2, 0.25) is 0 Å². The molecule has 0 saturated heterocycles. The molecule has 0 spiro atoms. The van der Waals surface area contributed by atoms with E-state index in [0.29, 0.717) is 17.1 Å². The van der Waals surface area contributed by atoms with Crippen LogP contribution in [0.4, 0.5) is 0 Å². The molecule has 0 amide bonds. The summed E-state index contributed by atoms with van der Waals surface area (Å²) in [6, 6.07) is 13.3. The van der Waals surface area contributed by atoms with Crippen LogP contribution in [0.15, 0.2) is 98.6 Å². The maximum absolute atomic E-state index is 12.4. The van der Waals surface area contributed by atoms with E-state index in [9.17, 15) is 19.2 Å². The first-order chi connectivity index (χ1) is 13.5. The number of hydrogen-bond acceptors (Lipinski definition) is 4. The molecule has 0 aliphatic carbocycles. The molecule has 0 unspecified atom stereocenters. The van der Waals surface area contributed by atoms with Gasteiger partial charge in [-0.05, 0) is 24.3 Å². The lowest BCUT2D eigenvalue weighted by atomic mass is 10.3. The Morgan fingerprint density at radius 2 is 1.14 bits per heavy atom. The van der Waals surface area contributed by atoms with Crippen LogP contribution in [0.3, 0.4) is 0 Å². The third-order valence-electron chi connectivity index (χ3n) is 4.22. The van der Waals surface area contributed by atoms with Gasteiger partial charge in [0.15, 0.2) is 0 Å². The Morgan fingerprint density at radius 1 is 0.571 bits per heavy atom. The van der Waals surface area contributed by atoms with Crippen LogP contribution in [-0.2, 0) is 0 Å². The van der Waals surface area contributed by atoms with E-state index in [1.165, 1.54) is 68.7 Å². The minimum absolute atomic E-state index is 0.231. The van der Waals surface area contributed by atoms with Gasteiger partial charge in [0.2, 0.25) is 5.56 Å². The predicted octanol–water partition coefficient (Wildman–Crippen LogP) is 0.828. The summed E-state index contributed by atoms with van der Waals surface area (Å²) in [5.74, 6) is 0. The van der Waals surface area contributed by atoms with Crippen molar-refractivity contribution >= 4 is 0 Å². The third kappa shape index (κ3) is 3.14. The second kappa shape index (κ2) is 6.84. The molecule has 138 valence electrons. The predicted molar refractivity (Wildman–Crippen MR) is 104 cm³/mol. The lowest BCUT2D eigenvalue weighted by molar-refractivity contribution is 0.893. The number of hydrogen-bond donors (Lipinski definition) is 1. The van der Waals surface area contributed by atoms with E-state index in [4.69, 9.17) is 0 Å². The molecule has 8 heteroatoms. The van der Waals surface area contributed by atoms with Gasteiger partial charge in [-0.15, -0.1) is 0 Å². The first kappa shape index (κ1) is 17.2. The van der Waals surface area contributed by atoms with Crippen LogP contribution < -0.4 is 22.2 Å². The summed E-state index contributed by atoms with van der Waals surface area (Å²) >= 11 is 0. The molecule has 0 bridgehead atoms. The van der Waals surface area contributed by atoms with Gasteiger partial charge in [-0.3, -0.25) is 32.9 Å². The molecule has 4 rings (SSSR count). The molecule has 0 atom stereocenters. The minimum atomic E-state index is -0.320. The summed E-state index contributed by atoms with van der Waals surface area (Å²) in [5, 5.41) is 0. The zero-order valence-electron chi connectivity index (χ0n) is 14.5. The van der Waals surface area contributed by atoms with Crippen molar-refractivity contribution in [1.29, 1.82) is 0 Å². The van der Waals surface area contributed by atoms with Gasteiger partial charge in [0.05, 0.1) is 17.1 Å². The van der Waals surface area contributed by atoms with Crippen molar-refractivity contribution in [2.24, 2.45) is 0 Å². The molecule has 0 aliphatic rings. The zero-order valence-corrected chi connectivity index (χ0v) is 14.5. The molecule has 0 aliphatic heterocycles. The molecule has 4 aromatic heterocycles. The molecule has 4 heterocycles. The second-order valence-electron chi connectivity index (χ2n) is 6.01. The molecule has 0 saturated carbocycles. The first-order valence-corrected chi connectivity index (χ1v) is 8.36. The minimum Gasteiger partial charge on any atom is -0.327 e. The van der Waals surface area contributed by atoms with E-state index < -0.39 is 0 Å². The van der Waals surface area contributed by atoms with Crippen LogP contribution >= 0.6 is 0 Å². The number of nitrogens with zero attached hydrogens (tertiary/aromatic N) is 3. The average molecular weight is 374 g/mol. The fourth-order valence-electron chi connectivity index (χ4n) is 2.83. The fourth-order valence-corrected chi connectivity index (χ4v) is 2.83. The van der Waals surface area contributed by atoms with E-state index in [1.54, 1.807) is 24.4 Å². The quantitative estimate of drug-likeness (QED) is 0.574. The molecule has 0 aromatic carbocycles. The summed E-state index contributed by atoms with van der Waals surface area (Å²) in [6.07, 6.45) is 6.04. The number of rotatable bonds is 3. The van der Waals surface area contributed by atoms with Crippen molar-refractivity contribution in [1.82, 2.24) is 18.7 Å². The first-order valence-electron chi connectivity index (χ1n) is 8.36. The van der Waals surface area contributed by atoms with Gasteiger partial charge in [-0.1, -0.05) is 6.07 Å². The van der Waals surface area contributed by atoms with Crippen molar-refractivity contribution in [3.63, 3.8) is 0 Å². The van der Waals surface area contributed by atoms with Gasteiger partial charge in [-0.25, -0.2) is 0 Å². The van der Waals surface area contributed by atoms with Crippen LogP contribution in [0.1, 0.15) is 0 Å². The standard InChI is InChI=1S/C20H14N4O4/c25-17-7-4-14(11-21-17)23-13-16(6-9-19(23)27)24-12-15(5-8-20(24)28)22-10-2-1-3-18(22)26/h1-13H,(H,21,25). The van der Waals surface area contributed by atoms with Crippen molar-refractivity contribution in [3.05, 3.63) is 121 Å². The van der Waals surface area contributed by atoms with Crippen LogP contribution in [0, 0.1) is 0 Å². The molecule has 1 N–H and O–H groups in total. The topological polar surface area (TPSA) is 98.9 Å². The highest BCUT2D eigenvalue weighted by molar-refractivity contribution is 5.39. The lowest BCUT2D eigenvalue weighted by Gasteiger charge is -2.12. The summed E-state index contributed by atoms with van der Waals surface area (Å²) in [5.41, 5.74) is 0.235. The number of aromatic nitrogens is 4. The molecule has 28 heavy (non-hydrogen) atoms. The maximum atomic E-state index is 12.4. The Balaban J connectivity index is 1.88. The van der Waals surface area contributed by atoms with Gasteiger partial charge in [0.25, 0.3) is 16.7 Å². The highest BCUT2D eigenvalue weighted by atomic mass is 16.1. The van der Waals surface area contributed by atoms with Gasteiger partial charge < -0.3 is 4.98 Å². The van der Waals surface area contributed by atoms with Crippen molar-refractivity contribution in [3.8, 4) is 17.1 Å². The Hall–Kier alpha value is -4.20. The largest absolute Gasteiger partial charge is 0.327 e. The Labute approximate surface area is 157 Å². The second-order valence-corrected chi connectivity index (χ2v) is 6.01. The highest BCUT2D eigenvalue weighted by Crippen LogP contribution is 2.09. The number of aromatic amines is 1. The van der Waals surface area contributed by atoms with E-state index in [0.717, 1.165) is 0 Å². The van der Waals surface area contributed by atoms with E-state index in [1.807, 2.05) is 0 Å². The van der Waals surface area contributed by atoms with Gasteiger partial charge in [-0.2, -0.15) is 0 Å². The van der Waals surface area contributed by atoms with Gasteiger partial charge in [0, 0.05) is 49.1 Å². The van der Waals surface area contributed by atoms with Crippen LogP contribution in [0.25, 0.3) is 17.1 Å². The number of pyridine rings is 4. The zero-order chi connectivity index (χ0) is 19.7. The van der Waals surface area contributed by atoms with E-state index in [2.05, 4.69) is 4.98 Å². The normalized spacial score (nSPS) is 10.7. The Bertz CT molecular complexity index is 1390. The summed E-state index contributed by atoms with van der Waals surface area (Å²) in [4.78, 5) is 50.5. The van der Waals surface area contributed by atoms with Crippen LogP contribution in [0.5, 0.6) is 0 Å². The highest BCUT2D eigenvalue weighted by Gasteiger charge is 2.07. The maximum Gasteiger partial charge on any atom is 0.255 e. The third-order valence-corrected chi connectivity index (χ3v) is 4.22. The van der Waals surface area contributed by atoms with Crippen molar-refractivity contribution in [2.45, 2.75) is 0 Å². The summed E-state index contributed by atoms with van der Waals surface area (Å²) in [6.45, 7) is 0. The Morgan fingerprint density at radius 3 is 1.75 bits per heavy atom. The smallest absolute Gasteiger partial charge is 0.255 e. The number of nitrogens with one attached hydrogen (secondary N) is 1. The summed E-state index contributed by atoms with van der Waals surface area (Å²) in [7, 11) is 0. The monoisotopic (exact) mass is 374 g/mol. The average Bonchev–Trinajstić information content (AvgIpc) is 2.70. The molecular weight excluding hydrogens is 360 g/mol. The molecule has 0 radical (unpaired) electrons. The fraction of sp³-hybridized carbons (Fsp3) is 0. The molecule has 4 aromatic rings. The molecular formula is C20H14N4O4. The van der Waals surface area contributed by atoms with E-state index >= 15 is 0 Å². The van der Waals surface area contributed by atoms with Gasteiger partial charge in [0.1, 0.15) is 0 Å². The van der Waals surface area contributed by atoms with Crippen molar-refractivity contribution in [2.75, 3.05) is 0 Å². The SMILES string of the molecule is O=c1ccc(-n2cc(-n3cc(-n4ccccc4=O)ccc3=O)ccc2=O)c[nH]1.